The van der Waals surface area contributed by atoms with Gasteiger partial charge in [-0.2, -0.15) is 0 Å². The average Bonchev–Trinajstić information content (AvgIpc) is 1.91. The Morgan fingerprint density at radius 1 is 1.44 bits per heavy atom. The van der Waals surface area contributed by atoms with E-state index in [2.05, 4.69) is 26.0 Å². The minimum Gasteiger partial charge on any atom is -0.396 e. The van der Waals surface area contributed by atoms with E-state index in [-0.39, 0.29) is 6.61 Å². The van der Waals surface area contributed by atoms with Gasteiger partial charge < -0.3 is 5.11 Å². The Bertz CT molecular complexity index is 72.6. The third-order valence-electron chi connectivity index (χ3n) is 1.40. The zero-order valence-corrected chi connectivity index (χ0v) is 6.30. The van der Waals surface area contributed by atoms with Crippen LogP contribution in [-0.2, 0) is 0 Å². The molecule has 0 bridgehead atoms. The highest BCUT2D eigenvalue weighted by molar-refractivity contribution is 4.86. The van der Waals surface area contributed by atoms with Gasteiger partial charge in [0.15, 0.2) is 0 Å². The second-order valence-corrected chi connectivity index (χ2v) is 2.19. The fraction of sp³-hybridized carbons (Fsp3) is 0.750. The summed E-state index contributed by atoms with van der Waals surface area (Å²) in [5.74, 6) is 0.380. The standard InChI is InChI=1S/C8H16O/c1-3-5-6-8(4-2)7-9/h5-6,8-9H,3-4,7H2,1-2H3/b6-5+. The molecule has 0 amide bonds. The second-order valence-electron chi connectivity index (χ2n) is 2.19. The van der Waals surface area contributed by atoms with Crippen LogP contribution in [0.4, 0.5) is 0 Å². The van der Waals surface area contributed by atoms with Crippen LogP contribution >= 0.6 is 0 Å². The van der Waals surface area contributed by atoms with Crippen LogP contribution in [0.5, 0.6) is 0 Å². The van der Waals surface area contributed by atoms with E-state index in [1.54, 1.807) is 0 Å². The molecule has 0 fully saturated rings. The number of allylic oxidation sites excluding steroid dienone is 1. The van der Waals surface area contributed by atoms with E-state index in [0.29, 0.717) is 5.92 Å². The molecule has 0 aromatic rings. The maximum atomic E-state index is 8.70. The lowest BCUT2D eigenvalue weighted by atomic mass is 10.1. The molecule has 9 heavy (non-hydrogen) atoms. The molecule has 0 aliphatic carbocycles. The molecule has 0 aliphatic rings. The molecule has 0 rings (SSSR count). The van der Waals surface area contributed by atoms with Crippen LogP contribution in [0.3, 0.4) is 0 Å². The summed E-state index contributed by atoms with van der Waals surface area (Å²) in [4.78, 5) is 0. The summed E-state index contributed by atoms with van der Waals surface area (Å²) in [5.41, 5.74) is 0. The van der Waals surface area contributed by atoms with Gasteiger partial charge in [-0.1, -0.05) is 26.0 Å². The summed E-state index contributed by atoms with van der Waals surface area (Å²) in [6.07, 6.45) is 6.29. The minimum absolute atomic E-state index is 0.285. The van der Waals surface area contributed by atoms with E-state index in [9.17, 15) is 0 Å². The SMILES string of the molecule is CC/C=C/C(CC)CO. The van der Waals surface area contributed by atoms with Gasteiger partial charge in [-0.3, -0.25) is 0 Å². The molecule has 0 aliphatic heterocycles. The lowest BCUT2D eigenvalue weighted by Gasteiger charge is -2.02. The van der Waals surface area contributed by atoms with Gasteiger partial charge in [0.05, 0.1) is 0 Å². The zero-order chi connectivity index (χ0) is 7.11. The molecule has 0 saturated heterocycles. The van der Waals surface area contributed by atoms with Crippen molar-refractivity contribution in [3.63, 3.8) is 0 Å². The highest BCUT2D eigenvalue weighted by atomic mass is 16.3. The van der Waals surface area contributed by atoms with Gasteiger partial charge in [0, 0.05) is 6.61 Å². The molecule has 0 radical (unpaired) electrons. The Balaban J connectivity index is 3.41. The Labute approximate surface area is 57.4 Å². The lowest BCUT2D eigenvalue weighted by Crippen LogP contribution is -1.99. The molecule has 1 N–H and O–H groups in total. The molecule has 0 aromatic heterocycles. The van der Waals surface area contributed by atoms with Gasteiger partial charge >= 0.3 is 0 Å². The third kappa shape index (κ3) is 4.22. The Morgan fingerprint density at radius 3 is 2.44 bits per heavy atom. The van der Waals surface area contributed by atoms with E-state index < -0.39 is 0 Å². The molecule has 1 heteroatoms. The van der Waals surface area contributed by atoms with E-state index in [1.807, 2.05) is 0 Å². The van der Waals surface area contributed by atoms with E-state index in [1.165, 1.54) is 0 Å². The summed E-state index contributed by atoms with van der Waals surface area (Å²) in [6.45, 7) is 4.47. The van der Waals surface area contributed by atoms with Crippen LogP contribution in [-0.4, -0.2) is 11.7 Å². The first kappa shape index (κ1) is 8.70. The van der Waals surface area contributed by atoms with Crippen molar-refractivity contribution in [3.05, 3.63) is 12.2 Å². The van der Waals surface area contributed by atoms with Crippen LogP contribution in [0.1, 0.15) is 26.7 Å². The summed E-state index contributed by atoms with van der Waals surface area (Å²) >= 11 is 0. The van der Waals surface area contributed by atoms with Crippen molar-refractivity contribution in [1.29, 1.82) is 0 Å². The summed E-state index contributed by atoms with van der Waals surface area (Å²) in [5, 5.41) is 8.70. The fourth-order valence-electron chi connectivity index (χ4n) is 0.655. The maximum Gasteiger partial charge on any atom is 0.0493 e. The lowest BCUT2D eigenvalue weighted by molar-refractivity contribution is 0.249. The summed E-state index contributed by atoms with van der Waals surface area (Å²) in [7, 11) is 0. The molecule has 0 saturated carbocycles. The smallest absolute Gasteiger partial charge is 0.0493 e. The number of rotatable bonds is 4. The van der Waals surface area contributed by atoms with E-state index in [4.69, 9.17) is 5.11 Å². The average molecular weight is 128 g/mol. The Morgan fingerprint density at radius 2 is 2.11 bits per heavy atom. The van der Waals surface area contributed by atoms with Crippen molar-refractivity contribution in [2.24, 2.45) is 5.92 Å². The number of hydrogen-bond donors (Lipinski definition) is 1. The normalized spacial score (nSPS) is 14.6. The summed E-state index contributed by atoms with van der Waals surface area (Å²) in [6, 6.07) is 0. The van der Waals surface area contributed by atoms with Crippen molar-refractivity contribution in [1.82, 2.24) is 0 Å². The van der Waals surface area contributed by atoms with Gasteiger partial charge in [0.1, 0.15) is 0 Å². The molecule has 0 aromatic carbocycles. The third-order valence-corrected chi connectivity index (χ3v) is 1.40. The number of aliphatic hydroxyl groups is 1. The number of hydrogen-bond acceptors (Lipinski definition) is 1. The molecule has 1 unspecified atom stereocenters. The van der Waals surface area contributed by atoms with Crippen LogP contribution in [0.2, 0.25) is 0 Å². The van der Waals surface area contributed by atoms with Crippen LogP contribution in [0.25, 0.3) is 0 Å². The van der Waals surface area contributed by atoms with Crippen molar-refractivity contribution < 1.29 is 5.11 Å². The Kier molecular flexibility index (Phi) is 5.64. The highest BCUT2D eigenvalue weighted by Crippen LogP contribution is 2.02. The van der Waals surface area contributed by atoms with Gasteiger partial charge in [0.25, 0.3) is 0 Å². The predicted octanol–water partition coefficient (Wildman–Crippen LogP) is 1.97. The molecule has 1 nitrogen and oxygen atoms in total. The quantitative estimate of drug-likeness (QED) is 0.574. The summed E-state index contributed by atoms with van der Waals surface area (Å²) < 4.78 is 0. The van der Waals surface area contributed by atoms with Gasteiger partial charge in [0.2, 0.25) is 0 Å². The molecule has 54 valence electrons. The molecular weight excluding hydrogens is 112 g/mol. The van der Waals surface area contributed by atoms with Crippen LogP contribution in [0.15, 0.2) is 12.2 Å². The molecular formula is C8H16O. The Hall–Kier alpha value is -0.300. The van der Waals surface area contributed by atoms with Gasteiger partial charge in [-0.15, -0.1) is 0 Å². The topological polar surface area (TPSA) is 20.2 Å². The van der Waals surface area contributed by atoms with Crippen molar-refractivity contribution in [2.45, 2.75) is 26.7 Å². The molecule has 1 atom stereocenters. The van der Waals surface area contributed by atoms with Crippen molar-refractivity contribution in [3.8, 4) is 0 Å². The highest BCUT2D eigenvalue weighted by Gasteiger charge is 1.95. The van der Waals surface area contributed by atoms with Crippen LogP contribution < -0.4 is 0 Å². The fourth-order valence-corrected chi connectivity index (χ4v) is 0.655. The number of aliphatic hydroxyl groups excluding tert-OH is 1. The van der Waals surface area contributed by atoms with E-state index >= 15 is 0 Å². The molecule has 0 spiro atoms. The second kappa shape index (κ2) is 5.83. The van der Waals surface area contributed by atoms with Crippen molar-refractivity contribution >= 4 is 0 Å². The first-order valence-electron chi connectivity index (χ1n) is 3.62. The first-order valence-corrected chi connectivity index (χ1v) is 3.62. The van der Waals surface area contributed by atoms with Gasteiger partial charge in [-0.05, 0) is 18.8 Å². The predicted molar refractivity (Wildman–Crippen MR) is 40.3 cm³/mol. The van der Waals surface area contributed by atoms with E-state index in [0.717, 1.165) is 12.8 Å². The maximum absolute atomic E-state index is 8.70. The van der Waals surface area contributed by atoms with Gasteiger partial charge in [-0.25, -0.2) is 0 Å². The minimum atomic E-state index is 0.285. The molecule has 0 heterocycles. The first-order chi connectivity index (χ1) is 4.35. The van der Waals surface area contributed by atoms with Crippen LogP contribution in [0, 0.1) is 5.92 Å². The largest absolute Gasteiger partial charge is 0.396 e. The zero-order valence-electron chi connectivity index (χ0n) is 6.30. The van der Waals surface area contributed by atoms with Crippen molar-refractivity contribution in [2.75, 3.05) is 6.61 Å². The monoisotopic (exact) mass is 128 g/mol.